The Bertz CT molecular complexity index is 471. The molecule has 0 bridgehead atoms. The molecule has 0 N–H and O–H groups in total. The van der Waals surface area contributed by atoms with Crippen LogP contribution in [-0.2, 0) is 9.84 Å². The third-order valence-electron chi connectivity index (χ3n) is 1.92. The molecule has 0 aliphatic rings. The average molecular weight is 238 g/mol. The summed E-state index contributed by atoms with van der Waals surface area (Å²) < 4.78 is 22.8. The zero-order chi connectivity index (χ0) is 12.8. The smallest absolute Gasteiger partial charge is 0.176 e. The van der Waals surface area contributed by atoms with Gasteiger partial charge in [-0.25, -0.2) is 8.42 Å². The first-order valence-electron chi connectivity index (χ1n) is 5.08. The molecule has 0 aliphatic heterocycles. The van der Waals surface area contributed by atoms with E-state index in [-0.39, 0.29) is 0 Å². The monoisotopic (exact) mass is 238 g/mol. The first-order chi connectivity index (χ1) is 7.50. The summed E-state index contributed by atoms with van der Waals surface area (Å²) in [5, 5.41) is 0. The van der Waals surface area contributed by atoms with E-state index in [4.69, 9.17) is 0 Å². The van der Waals surface area contributed by atoms with Crippen molar-refractivity contribution in [1.29, 1.82) is 0 Å². The predicted octanol–water partition coefficient (Wildman–Crippen LogP) is 3.40. The van der Waals surface area contributed by atoms with Crippen LogP contribution in [0.15, 0.2) is 36.3 Å². The van der Waals surface area contributed by atoms with Gasteiger partial charge in [0.25, 0.3) is 0 Å². The molecule has 0 heterocycles. The van der Waals surface area contributed by atoms with Crippen LogP contribution in [0.5, 0.6) is 0 Å². The van der Waals surface area contributed by atoms with Gasteiger partial charge >= 0.3 is 0 Å². The summed E-state index contributed by atoms with van der Waals surface area (Å²) in [6.45, 7) is 11.2. The number of rotatable bonds is 3. The van der Waals surface area contributed by atoms with E-state index >= 15 is 0 Å². The van der Waals surface area contributed by atoms with Gasteiger partial charge in [0.15, 0.2) is 9.84 Å². The Morgan fingerprint density at radius 2 is 1.69 bits per heavy atom. The molecular formula is C13H18O2S. The van der Waals surface area contributed by atoms with Gasteiger partial charge in [0.2, 0.25) is 0 Å². The molecule has 0 aliphatic carbocycles. The Kier molecular flexibility index (Phi) is 5.75. The normalized spacial score (nSPS) is 9.94. The zero-order valence-corrected chi connectivity index (χ0v) is 10.8. The van der Waals surface area contributed by atoms with Gasteiger partial charge < -0.3 is 0 Å². The molecule has 0 saturated carbocycles. The molecule has 0 atom stereocenters. The van der Waals surface area contributed by atoms with Gasteiger partial charge in [-0.3, -0.25) is 0 Å². The minimum Gasteiger partial charge on any atom is -0.224 e. The standard InChI is InChI=1S/C11H12O2S.C2H6/c1-4-9-7-6-8-11(10(9)5-2)14(3,12)13;1-2/h4-8H,1-2H2,3H3;1-2H3. The Morgan fingerprint density at radius 1 is 1.12 bits per heavy atom. The molecule has 0 fully saturated rings. The number of benzene rings is 1. The maximum absolute atomic E-state index is 11.4. The quantitative estimate of drug-likeness (QED) is 0.808. The van der Waals surface area contributed by atoms with Crippen LogP contribution in [0.25, 0.3) is 12.2 Å². The summed E-state index contributed by atoms with van der Waals surface area (Å²) in [5.41, 5.74) is 1.40. The highest BCUT2D eigenvalue weighted by Gasteiger charge is 2.12. The van der Waals surface area contributed by atoms with E-state index in [0.29, 0.717) is 10.5 Å². The summed E-state index contributed by atoms with van der Waals surface area (Å²) in [7, 11) is -3.20. The number of sulfone groups is 1. The second kappa shape index (κ2) is 6.28. The van der Waals surface area contributed by atoms with Crippen molar-refractivity contribution < 1.29 is 8.42 Å². The van der Waals surface area contributed by atoms with E-state index < -0.39 is 9.84 Å². The lowest BCUT2D eigenvalue weighted by molar-refractivity contribution is 0.601. The van der Waals surface area contributed by atoms with Crippen LogP contribution in [0.2, 0.25) is 0 Å². The average Bonchev–Trinajstić information content (AvgIpc) is 2.29. The van der Waals surface area contributed by atoms with Crippen molar-refractivity contribution in [2.24, 2.45) is 0 Å². The van der Waals surface area contributed by atoms with Gasteiger partial charge in [-0.15, -0.1) is 0 Å². The molecule has 0 spiro atoms. The highest BCUT2D eigenvalue weighted by atomic mass is 32.2. The first-order valence-corrected chi connectivity index (χ1v) is 6.97. The minimum atomic E-state index is -3.20. The van der Waals surface area contributed by atoms with E-state index in [1.807, 2.05) is 13.8 Å². The molecule has 0 aromatic heterocycles. The zero-order valence-electron chi connectivity index (χ0n) is 10.0. The van der Waals surface area contributed by atoms with Crippen LogP contribution in [0.4, 0.5) is 0 Å². The molecule has 0 saturated heterocycles. The van der Waals surface area contributed by atoms with E-state index in [9.17, 15) is 8.42 Å². The van der Waals surface area contributed by atoms with Crippen molar-refractivity contribution in [2.75, 3.05) is 6.26 Å². The van der Waals surface area contributed by atoms with Crippen molar-refractivity contribution in [2.45, 2.75) is 18.7 Å². The maximum atomic E-state index is 11.4. The summed E-state index contributed by atoms with van der Waals surface area (Å²) in [5.74, 6) is 0. The van der Waals surface area contributed by atoms with E-state index in [2.05, 4.69) is 13.2 Å². The Labute approximate surface area is 98.2 Å². The summed E-state index contributed by atoms with van der Waals surface area (Å²) >= 11 is 0. The third kappa shape index (κ3) is 3.35. The fourth-order valence-corrected chi connectivity index (χ4v) is 2.21. The van der Waals surface area contributed by atoms with Crippen molar-refractivity contribution in [3.05, 3.63) is 42.5 Å². The van der Waals surface area contributed by atoms with Gasteiger partial charge in [-0.05, 0) is 17.2 Å². The van der Waals surface area contributed by atoms with Crippen molar-refractivity contribution in [3.63, 3.8) is 0 Å². The van der Waals surface area contributed by atoms with E-state index in [1.54, 1.807) is 24.3 Å². The van der Waals surface area contributed by atoms with Crippen LogP contribution in [0, 0.1) is 0 Å². The second-order valence-corrected chi connectivity index (χ2v) is 4.92. The molecule has 16 heavy (non-hydrogen) atoms. The van der Waals surface area contributed by atoms with Crippen molar-refractivity contribution in [1.82, 2.24) is 0 Å². The van der Waals surface area contributed by atoms with Gasteiger partial charge in [0.1, 0.15) is 0 Å². The highest BCUT2D eigenvalue weighted by Crippen LogP contribution is 2.21. The molecular weight excluding hydrogens is 220 g/mol. The summed E-state index contributed by atoms with van der Waals surface area (Å²) in [4.78, 5) is 0.296. The third-order valence-corrected chi connectivity index (χ3v) is 3.08. The maximum Gasteiger partial charge on any atom is 0.176 e. The summed E-state index contributed by atoms with van der Waals surface area (Å²) in [6, 6.07) is 5.07. The Hall–Kier alpha value is -1.35. The van der Waals surface area contributed by atoms with Gasteiger partial charge in [-0.2, -0.15) is 0 Å². The lowest BCUT2D eigenvalue weighted by Crippen LogP contribution is -2.00. The summed E-state index contributed by atoms with van der Waals surface area (Å²) in [6.07, 6.45) is 4.33. The van der Waals surface area contributed by atoms with Crippen molar-refractivity contribution in [3.8, 4) is 0 Å². The number of hydrogen-bond donors (Lipinski definition) is 0. The van der Waals surface area contributed by atoms with Crippen LogP contribution in [0.3, 0.4) is 0 Å². The lowest BCUT2D eigenvalue weighted by Gasteiger charge is -2.06. The van der Waals surface area contributed by atoms with Crippen LogP contribution in [-0.4, -0.2) is 14.7 Å². The van der Waals surface area contributed by atoms with Crippen LogP contribution in [0.1, 0.15) is 25.0 Å². The van der Waals surface area contributed by atoms with Crippen LogP contribution >= 0.6 is 0 Å². The fourth-order valence-electron chi connectivity index (χ4n) is 1.28. The molecule has 3 heteroatoms. The molecule has 0 amide bonds. The Balaban J connectivity index is 0.00000106. The van der Waals surface area contributed by atoms with E-state index in [0.717, 1.165) is 5.56 Å². The predicted molar refractivity (Wildman–Crippen MR) is 71.1 cm³/mol. The molecule has 1 aromatic carbocycles. The molecule has 1 aromatic rings. The largest absolute Gasteiger partial charge is 0.224 e. The molecule has 1 rings (SSSR count). The Morgan fingerprint density at radius 3 is 2.06 bits per heavy atom. The first kappa shape index (κ1) is 14.6. The van der Waals surface area contributed by atoms with Gasteiger partial charge in [0, 0.05) is 6.26 Å². The molecule has 0 radical (unpaired) electrons. The second-order valence-electron chi connectivity index (χ2n) is 2.94. The number of hydrogen-bond acceptors (Lipinski definition) is 2. The van der Waals surface area contributed by atoms with E-state index in [1.165, 1.54) is 12.3 Å². The van der Waals surface area contributed by atoms with Crippen LogP contribution < -0.4 is 0 Å². The van der Waals surface area contributed by atoms with Gasteiger partial charge in [-0.1, -0.05) is 51.3 Å². The molecule has 88 valence electrons. The van der Waals surface area contributed by atoms with Crippen molar-refractivity contribution >= 4 is 22.0 Å². The van der Waals surface area contributed by atoms with Gasteiger partial charge in [0.05, 0.1) is 4.90 Å². The fraction of sp³-hybridized carbons (Fsp3) is 0.231. The minimum absolute atomic E-state index is 0.296. The molecule has 0 unspecified atom stereocenters. The molecule has 2 nitrogen and oxygen atoms in total. The highest BCUT2D eigenvalue weighted by molar-refractivity contribution is 7.90. The SMILES string of the molecule is C=Cc1cccc(S(C)(=O)=O)c1C=C.CC. The topological polar surface area (TPSA) is 34.1 Å². The lowest BCUT2D eigenvalue weighted by atomic mass is 10.1.